The molecule has 1 saturated heterocycles. The third-order valence-electron chi connectivity index (χ3n) is 6.81. The van der Waals surface area contributed by atoms with Crippen molar-refractivity contribution in [2.75, 3.05) is 39.4 Å². The summed E-state index contributed by atoms with van der Waals surface area (Å²) in [6.45, 7) is 8.14. The summed E-state index contributed by atoms with van der Waals surface area (Å²) >= 11 is 0. The maximum Gasteiger partial charge on any atom is 0.253 e. The highest BCUT2D eigenvalue weighted by Gasteiger charge is 2.23. The lowest BCUT2D eigenvalue weighted by atomic mass is 10.2. The van der Waals surface area contributed by atoms with Gasteiger partial charge >= 0.3 is 0 Å². The first kappa shape index (κ1) is 28.5. The van der Waals surface area contributed by atoms with E-state index in [-0.39, 0.29) is 11.8 Å². The first-order valence-electron chi connectivity index (χ1n) is 14.2. The first-order valence-corrected chi connectivity index (χ1v) is 14.2. The molecule has 3 rings (SSSR count). The monoisotopic (exact) mass is 508 g/mol. The smallest absolute Gasteiger partial charge is 0.253 e. The van der Waals surface area contributed by atoms with Crippen LogP contribution in [0.1, 0.15) is 92.4 Å². The van der Waals surface area contributed by atoms with Gasteiger partial charge in [-0.25, -0.2) is 0 Å². The van der Waals surface area contributed by atoms with Crippen molar-refractivity contribution in [3.63, 3.8) is 0 Å². The zero-order chi connectivity index (χ0) is 26.3. The highest BCUT2D eigenvalue weighted by atomic mass is 16.5. The van der Waals surface area contributed by atoms with Crippen LogP contribution in [0.3, 0.4) is 0 Å². The molecule has 2 aromatic rings. The average molecular weight is 509 g/mol. The fourth-order valence-corrected chi connectivity index (χ4v) is 4.51. The number of amides is 2. The molecular formula is C31H44N2O4. The maximum absolute atomic E-state index is 13.1. The molecule has 0 atom stereocenters. The molecule has 0 bridgehead atoms. The van der Waals surface area contributed by atoms with Crippen molar-refractivity contribution in [2.45, 2.75) is 71.6 Å². The van der Waals surface area contributed by atoms with E-state index in [2.05, 4.69) is 13.8 Å². The van der Waals surface area contributed by atoms with E-state index in [0.717, 1.165) is 30.8 Å². The second kappa shape index (κ2) is 16.0. The van der Waals surface area contributed by atoms with Gasteiger partial charge in [0.2, 0.25) is 0 Å². The van der Waals surface area contributed by atoms with Crippen LogP contribution in [0.25, 0.3) is 0 Å². The molecule has 0 N–H and O–H groups in total. The molecule has 1 heterocycles. The van der Waals surface area contributed by atoms with Gasteiger partial charge in [0.1, 0.15) is 11.5 Å². The molecule has 0 saturated carbocycles. The molecule has 0 radical (unpaired) electrons. The van der Waals surface area contributed by atoms with Crippen LogP contribution in [0.4, 0.5) is 0 Å². The standard InChI is InChI=1S/C31H44N2O4/c1-3-5-7-9-24-36-28-16-12-26(13-17-28)30(34)32-20-11-21-33(23-22-32)31(35)27-14-18-29(19-15-27)37-25-10-8-6-4-2/h12-19H,3-11,20-25H2,1-2H3. The lowest BCUT2D eigenvalue weighted by Gasteiger charge is -2.22. The molecule has 0 unspecified atom stereocenters. The molecule has 2 aromatic carbocycles. The quantitative estimate of drug-likeness (QED) is 0.270. The molecule has 0 aromatic heterocycles. The second-order valence-corrected chi connectivity index (χ2v) is 9.80. The normalized spacial score (nSPS) is 13.8. The third kappa shape index (κ3) is 9.42. The van der Waals surface area contributed by atoms with Crippen LogP contribution in [0.5, 0.6) is 11.5 Å². The minimum Gasteiger partial charge on any atom is -0.494 e. The van der Waals surface area contributed by atoms with Gasteiger partial charge in [0, 0.05) is 37.3 Å². The fraction of sp³-hybridized carbons (Fsp3) is 0.548. The van der Waals surface area contributed by atoms with Crippen molar-refractivity contribution in [3.05, 3.63) is 59.7 Å². The summed E-state index contributed by atoms with van der Waals surface area (Å²) in [4.78, 5) is 29.9. The average Bonchev–Trinajstić information content (AvgIpc) is 3.19. The van der Waals surface area contributed by atoms with Crippen molar-refractivity contribution >= 4 is 11.8 Å². The van der Waals surface area contributed by atoms with Crippen LogP contribution in [-0.4, -0.2) is 61.0 Å². The summed E-state index contributed by atoms with van der Waals surface area (Å²) < 4.78 is 11.6. The van der Waals surface area contributed by atoms with E-state index in [0.29, 0.717) is 50.5 Å². The number of ether oxygens (including phenoxy) is 2. The molecule has 2 amide bonds. The minimum atomic E-state index is 0.00392. The number of carbonyl (C=O) groups excluding carboxylic acids is 2. The van der Waals surface area contributed by atoms with Gasteiger partial charge in [-0.15, -0.1) is 0 Å². The van der Waals surface area contributed by atoms with E-state index in [1.807, 2.05) is 58.3 Å². The largest absolute Gasteiger partial charge is 0.494 e. The zero-order valence-corrected chi connectivity index (χ0v) is 22.8. The van der Waals surface area contributed by atoms with Crippen LogP contribution in [0, 0.1) is 0 Å². The Morgan fingerprint density at radius 3 is 1.38 bits per heavy atom. The SMILES string of the molecule is CCCCCCOc1ccc(C(=O)N2CCCN(C(=O)c3ccc(OCCCCCC)cc3)CC2)cc1. The van der Waals surface area contributed by atoms with Gasteiger partial charge in [0.15, 0.2) is 0 Å². The summed E-state index contributed by atoms with van der Waals surface area (Å²) in [7, 11) is 0. The Morgan fingerprint density at radius 2 is 1.00 bits per heavy atom. The molecule has 0 spiro atoms. The van der Waals surface area contributed by atoms with Crippen molar-refractivity contribution in [2.24, 2.45) is 0 Å². The van der Waals surface area contributed by atoms with Gasteiger partial charge in [-0.2, -0.15) is 0 Å². The molecule has 0 aliphatic carbocycles. The number of unbranched alkanes of at least 4 members (excludes halogenated alkanes) is 6. The Balaban J connectivity index is 1.45. The Bertz CT molecular complexity index is 865. The molecular weight excluding hydrogens is 464 g/mol. The van der Waals surface area contributed by atoms with Gasteiger partial charge in [-0.3, -0.25) is 9.59 Å². The van der Waals surface area contributed by atoms with E-state index >= 15 is 0 Å². The summed E-state index contributed by atoms with van der Waals surface area (Å²) in [6.07, 6.45) is 10.1. The second-order valence-electron chi connectivity index (χ2n) is 9.80. The Kier molecular flexibility index (Phi) is 12.3. The van der Waals surface area contributed by atoms with Crippen LogP contribution >= 0.6 is 0 Å². The number of carbonyl (C=O) groups is 2. The fourth-order valence-electron chi connectivity index (χ4n) is 4.51. The summed E-state index contributed by atoms with van der Waals surface area (Å²) in [5, 5.41) is 0. The Hall–Kier alpha value is -3.02. The zero-order valence-electron chi connectivity index (χ0n) is 22.8. The van der Waals surface area contributed by atoms with Gasteiger partial charge in [0.25, 0.3) is 11.8 Å². The molecule has 1 fully saturated rings. The lowest BCUT2D eigenvalue weighted by molar-refractivity contribution is 0.0718. The molecule has 6 nitrogen and oxygen atoms in total. The summed E-state index contributed by atoms with van der Waals surface area (Å²) in [5.41, 5.74) is 1.31. The van der Waals surface area contributed by atoms with Crippen molar-refractivity contribution in [1.29, 1.82) is 0 Å². The van der Waals surface area contributed by atoms with Gasteiger partial charge in [0.05, 0.1) is 13.2 Å². The van der Waals surface area contributed by atoms with E-state index in [1.54, 1.807) is 0 Å². The molecule has 1 aliphatic rings. The third-order valence-corrected chi connectivity index (χ3v) is 6.81. The first-order chi connectivity index (χ1) is 18.1. The topological polar surface area (TPSA) is 59.1 Å². The van der Waals surface area contributed by atoms with Crippen LogP contribution < -0.4 is 9.47 Å². The van der Waals surface area contributed by atoms with E-state index < -0.39 is 0 Å². The van der Waals surface area contributed by atoms with Crippen LogP contribution in [-0.2, 0) is 0 Å². The van der Waals surface area contributed by atoms with E-state index in [4.69, 9.17) is 9.47 Å². The summed E-state index contributed by atoms with van der Waals surface area (Å²) in [5.74, 6) is 1.61. The van der Waals surface area contributed by atoms with Gasteiger partial charge in [-0.1, -0.05) is 52.4 Å². The molecule has 202 valence electrons. The van der Waals surface area contributed by atoms with Gasteiger partial charge < -0.3 is 19.3 Å². The van der Waals surface area contributed by atoms with E-state index in [1.165, 1.54) is 38.5 Å². The molecule has 37 heavy (non-hydrogen) atoms. The van der Waals surface area contributed by atoms with E-state index in [9.17, 15) is 9.59 Å². The van der Waals surface area contributed by atoms with Crippen LogP contribution in [0.2, 0.25) is 0 Å². The summed E-state index contributed by atoms with van der Waals surface area (Å²) in [6, 6.07) is 14.9. The van der Waals surface area contributed by atoms with Crippen molar-refractivity contribution in [3.8, 4) is 11.5 Å². The van der Waals surface area contributed by atoms with Crippen molar-refractivity contribution < 1.29 is 19.1 Å². The minimum absolute atomic E-state index is 0.00392. The predicted molar refractivity (Wildman–Crippen MR) is 149 cm³/mol. The molecule has 1 aliphatic heterocycles. The lowest BCUT2D eigenvalue weighted by Crippen LogP contribution is -2.37. The number of benzene rings is 2. The number of hydrogen-bond donors (Lipinski definition) is 0. The van der Waals surface area contributed by atoms with Crippen molar-refractivity contribution in [1.82, 2.24) is 9.80 Å². The Morgan fingerprint density at radius 1 is 0.595 bits per heavy atom. The van der Waals surface area contributed by atoms with Crippen LogP contribution in [0.15, 0.2) is 48.5 Å². The Labute approximate surface area is 222 Å². The number of rotatable bonds is 14. The number of hydrogen-bond acceptors (Lipinski definition) is 4. The number of nitrogens with zero attached hydrogens (tertiary/aromatic N) is 2. The molecule has 6 heteroatoms. The van der Waals surface area contributed by atoms with Gasteiger partial charge in [-0.05, 0) is 67.8 Å². The highest BCUT2D eigenvalue weighted by Crippen LogP contribution is 2.18. The predicted octanol–water partition coefficient (Wildman–Crippen LogP) is 6.59. The maximum atomic E-state index is 13.1. The highest BCUT2D eigenvalue weighted by molar-refractivity contribution is 5.95.